The van der Waals surface area contributed by atoms with Gasteiger partial charge in [0.15, 0.2) is 0 Å². The minimum atomic E-state index is -0.0209. The number of rotatable bonds is 5. The van der Waals surface area contributed by atoms with Crippen LogP contribution in [0.2, 0.25) is 0 Å². The van der Waals surface area contributed by atoms with Gasteiger partial charge in [-0.15, -0.1) is 0 Å². The average Bonchev–Trinajstić information content (AvgIpc) is 2.26. The van der Waals surface area contributed by atoms with Crippen LogP contribution in [0.15, 0.2) is 6.07 Å². The summed E-state index contributed by atoms with van der Waals surface area (Å²) in [5.74, 6) is 1.09. The first-order valence-electron chi connectivity index (χ1n) is 5.58. The SMILES string of the molecule is CCN(CC(=O)NC)Cc1nc(C)cc(N)n1. The molecule has 0 aliphatic carbocycles. The van der Waals surface area contributed by atoms with Crippen molar-refractivity contribution in [2.45, 2.75) is 20.4 Å². The Morgan fingerprint density at radius 3 is 2.76 bits per heavy atom. The maximum atomic E-state index is 11.3. The highest BCUT2D eigenvalue weighted by atomic mass is 16.1. The third kappa shape index (κ3) is 4.36. The Bertz CT molecular complexity index is 373. The van der Waals surface area contributed by atoms with Crippen molar-refractivity contribution in [3.8, 4) is 0 Å². The molecule has 0 saturated carbocycles. The summed E-state index contributed by atoms with van der Waals surface area (Å²) in [7, 11) is 1.62. The van der Waals surface area contributed by atoms with Crippen LogP contribution >= 0.6 is 0 Å². The number of amides is 1. The van der Waals surface area contributed by atoms with Crippen molar-refractivity contribution in [1.82, 2.24) is 20.2 Å². The summed E-state index contributed by atoms with van der Waals surface area (Å²) in [5.41, 5.74) is 6.49. The summed E-state index contributed by atoms with van der Waals surface area (Å²) in [6.45, 7) is 5.48. The third-order valence-electron chi connectivity index (χ3n) is 2.38. The van der Waals surface area contributed by atoms with Gasteiger partial charge >= 0.3 is 0 Å². The van der Waals surface area contributed by atoms with E-state index in [0.29, 0.717) is 24.7 Å². The average molecular weight is 237 g/mol. The molecule has 0 aliphatic heterocycles. The van der Waals surface area contributed by atoms with Crippen molar-refractivity contribution >= 4 is 11.7 Å². The van der Waals surface area contributed by atoms with Gasteiger partial charge in [-0.3, -0.25) is 9.69 Å². The molecule has 6 nitrogen and oxygen atoms in total. The maximum Gasteiger partial charge on any atom is 0.233 e. The lowest BCUT2D eigenvalue weighted by molar-refractivity contribution is -0.121. The van der Waals surface area contributed by atoms with Crippen LogP contribution in [0.1, 0.15) is 18.4 Å². The molecule has 0 bridgehead atoms. The van der Waals surface area contributed by atoms with E-state index in [1.165, 1.54) is 0 Å². The van der Waals surface area contributed by atoms with Gasteiger partial charge in [0.2, 0.25) is 5.91 Å². The molecule has 0 unspecified atom stereocenters. The van der Waals surface area contributed by atoms with Gasteiger partial charge in [-0.2, -0.15) is 0 Å². The second-order valence-corrected chi connectivity index (χ2v) is 3.83. The molecule has 0 aliphatic rings. The van der Waals surface area contributed by atoms with Crippen LogP contribution in [-0.2, 0) is 11.3 Å². The Kier molecular flexibility index (Phi) is 4.84. The van der Waals surface area contributed by atoms with E-state index < -0.39 is 0 Å². The molecule has 0 atom stereocenters. The highest BCUT2D eigenvalue weighted by Crippen LogP contribution is 2.04. The van der Waals surface area contributed by atoms with Gasteiger partial charge in [0.25, 0.3) is 0 Å². The predicted molar refractivity (Wildman–Crippen MR) is 66.2 cm³/mol. The van der Waals surface area contributed by atoms with Crippen LogP contribution in [0.25, 0.3) is 0 Å². The summed E-state index contributed by atoms with van der Waals surface area (Å²) >= 11 is 0. The van der Waals surface area contributed by atoms with Gasteiger partial charge in [0.1, 0.15) is 11.6 Å². The van der Waals surface area contributed by atoms with E-state index in [0.717, 1.165) is 12.2 Å². The van der Waals surface area contributed by atoms with Crippen LogP contribution < -0.4 is 11.1 Å². The molecule has 1 amide bonds. The molecule has 17 heavy (non-hydrogen) atoms. The van der Waals surface area contributed by atoms with Crippen LogP contribution in [0, 0.1) is 6.92 Å². The Labute approximate surface area is 101 Å². The van der Waals surface area contributed by atoms with Crippen molar-refractivity contribution in [3.63, 3.8) is 0 Å². The quantitative estimate of drug-likeness (QED) is 0.749. The Balaban J connectivity index is 2.70. The number of hydrogen-bond acceptors (Lipinski definition) is 5. The Hall–Kier alpha value is -1.69. The Morgan fingerprint density at radius 2 is 2.24 bits per heavy atom. The molecule has 6 heteroatoms. The summed E-state index contributed by atoms with van der Waals surface area (Å²) < 4.78 is 0. The lowest BCUT2D eigenvalue weighted by atomic mass is 10.4. The number of nitrogen functional groups attached to an aromatic ring is 1. The molecule has 1 aromatic rings. The van der Waals surface area contributed by atoms with E-state index in [-0.39, 0.29) is 5.91 Å². The van der Waals surface area contributed by atoms with E-state index in [9.17, 15) is 4.79 Å². The van der Waals surface area contributed by atoms with Crippen LogP contribution in [0.4, 0.5) is 5.82 Å². The zero-order chi connectivity index (χ0) is 12.8. The number of aromatic nitrogens is 2. The van der Waals surface area contributed by atoms with E-state index in [4.69, 9.17) is 5.73 Å². The van der Waals surface area contributed by atoms with Gasteiger partial charge in [-0.05, 0) is 13.5 Å². The molecule has 3 N–H and O–H groups in total. The number of carbonyl (C=O) groups excluding carboxylic acids is 1. The summed E-state index contributed by atoms with van der Waals surface area (Å²) in [4.78, 5) is 21.7. The predicted octanol–water partition coefficient (Wildman–Crippen LogP) is -0.0649. The monoisotopic (exact) mass is 237 g/mol. The second-order valence-electron chi connectivity index (χ2n) is 3.83. The zero-order valence-corrected chi connectivity index (χ0v) is 10.5. The first kappa shape index (κ1) is 13.4. The van der Waals surface area contributed by atoms with E-state index in [2.05, 4.69) is 15.3 Å². The van der Waals surface area contributed by atoms with E-state index >= 15 is 0 Å². The minimum absolute atomic E-state index is 0.0209. The fraction of sp³-hybridized carbons (Fsp3) is 0.545. The molecule has 94 valence electrons. The number of aryl methyl sites for hydroxylation is 1. The lowest BCUT2D eigenvalue weighted by Crippen LogP contribution is -2.35. The molecule has 0 radical (unpaired) electrons. The van der Waals surface area contributed by atoms with E-state index in [1.54, 1.807) is 13.1 Å². The molecule has 0 spiro atoms. The number of nitrogens with two attached hydrogens (primary N) is 1. The summed E-state index contributed by atoms with van der Waals surface area (Å²) in [6.07, 6.45) is 0. The smallest absolute Gasteiger partial charge is 0.233 e. The molecule has 0 saturated heterocycles. The van der Waals surface area contributed by atoms with Gasteiger partial charge in [-0.1, -0.05) is 6.92 Å². The fourth-order valence-electron chi connectivity index (χ4n) is 1.49. The number of nitrogens with one attached hydrogen (secondary N) is 1. The highest BCUT2D eigenvalue weighted by Gasteiger charge is 2.10. The van der Waals surface area contributed by atoms with Crippen molar-refractivity contribution < 1.29 is 4.79 Å². The van der Waals surface area contributed by atoms with Crippen molar-refractivity contribution in [2.24, 2.45) is 0 Å². The lowest BCUT2D eigenvalue weighted by Gasteiger charge is -2.18. The minimum Gasteiger partial charge on any atom is -0.384 e. The van der Waals surface area contributed by atoms with Gasteiger partial charge in [0, 0.05) is 18.8 Å². The number of hydrogen-bond donors (Lipinski definition) is 2. The number of nitrogens with zero attached hydrogens (tertiary/aromatic N) is 3. The van der Waals surface area contributed by atoms with Gasteiger partial charge in [0.05, 0.1) is 13.1 Å². The summed E-state index contributed by atoms with van der Waals surface area (Å²) in [6, 6.07) is 1.72. The van der Waals surface area contributed by atoms with Crippen LogP contribution in [0.3, 0.4) is 0 Å². The fourth-order valence-corrected chi connectivity index (χ4v) is 1.49. The standard InChI is InChI=1S/C11H19N5O/c1-4-16(7-11(17)13-3)6-10-14-8(2)5-9(12)15-10/h5H,4,6-7H2,1-3H3,(H,13,17)(H2,12,14,15). The molecule has 1 rings (SSSR count). The molecule has 1 aromatic heterocycles. The second kappa shape index (κ2) is 6.15. The van der Waals surface area contributed by atoms with E-state index in [1.807, 2.05) is 18.7 Å². The van der Waals surface area contributed by atoms with Crippen molar-refractivity contribution in [1.29, 1.82) is 0 Å². The van der Waals surface area contributed by atoms with Gasteiger partial charge in [-0.25, -0.2) is 9.97 Å². The van der Waals surface area contributed by atoms with Crippen molar-refractivity contribution in [3.05, 3.63) is 17.6 Å². The largest absolute Gasteiger partial charge is 0.384 e. The first-order chi connectivity index (χ1) is 8.05. The topological polar surface area (TPSA) is 84.1 Å². The Morgan fingerprint density at radius 1 is 1.53 bits per heavy atom. The molecule has 0 aromatic carbocycles. The molecule has 1 heterocycles. The molecular weight excluding hydrogens is 218 g/mol. The molecule has 0 fully saturated rings. The number of anilines is 1. The highest BCUT2D eigenvalue weighted by molar-refractivity contribution is 5.77. The van der Waals surface area contributed by atoms with Gasteiger partial charge < -0.3 is 11.1 Å². The summed E-state index contributed by atoms with van der Waals surface area (Å²) in [5, 5.41) is 2.59. The molecular formula is C11H19N5O. The number of carbonyl (C=O) groups is 1. The number of likely N-dealkylation sites (N-methyl/N-ethyl adjacent to an activating group) is 2. The first-order valence-corrected chi connectivity index (χ1v) is 5.58. The third-order valence-corrected chi connectivity index (χ3v) is 2.38. The zero-order valence-electron chi connectivity index (χ0n) is 10.5. The maximum absolute atomic E-state index is 11.3. The van der Waals surface area contributed by atoms with Crippen molar-refractivity contribution in [2.75, 3.05) is 25.9 Å². The van der Waals surface area contributed by atoms with Crippen LogP contribution in [-0.4, -0.2) is 40.9 Å². The van der Waals surface area contributed by atoms with Crippen LogP contribution in [0.5, 0.6) is 0 Å². The normalized spacial score (nSPS) is 10.6.